The fourth-order valence-corrected chi connectivity index (χ4v) is 3.58. The van der Waals surface area contributed by atoms with Crippen molar-refractivity contribution >= 4 is 11.6 Å². The van der Waals surface area contributed by atoms with Crippen LogP contribution in [0.2, 0.25) is 5.02 Å². The topological polar surface area (TPSA) is 12.0 Å². The molecule has 1 aliphatic rings. The first-order chi connectivity index (χ1) is 9.63. The van der Waals surface area contributed by atoms with E-state index in [4.69, 9.17) is 11.6 Å². The number of hydrogen-bond donors (Lipinski definition) is 1. The molecule has 0 aliphatic heterocycles. The fourth-order valence-electron chi connectivity index (χ4n) is 3.31. The molecule has 1 fully saturated rings. The van der Waals surface area contributed by atoms with Crippen molar-refractivity contribution in [2.24, 2.45) is 5.92 Å². The van der Waals surface area contributed by atoms with Gasteiger partial charge in [-0.3, -0.25) is 0 Å². The van der Waals surface area contributed by atoms with E-state index in [9.17, 15) is 4.39 Å². The minimum absolute atomic E-state index is 0.213. The highest BCUT2D eigenvalue weighted by atomic mass is 35.5. The molecule has 1 nitrogen and oxygen atoms in total. The zero-order valence-electron chi connectivity index (χ0n) is 12.5. The van der Waals surface area contributed by atoms with E-state index in [1.165, 1.54) is 44.6 Å². The van der Waals surface area contributed by atoms with Gasteiger partial charge < -0.3 is 5.32 Å². The smallest absolute Gasteiger partial charge is 0.127 e. The van der Waals surface area contributed by atoms with E-state index in [0.717, 1.165) is 12.1 Å². The Morgan fingerprint density at radius 2 is 1.90 bits per heavy atom. The van der Waals surface area contributed by atoms with Crippen molar-refractivity contribution < 1.29 is 4.39 Å². The molecule has 0 saturated heterocycles. The summed E-state index contributed by atoms with van der Waals surface area (Å²) in [6, 6.07) is 3.65. The molecule has 0 bridgehead atoms. The number of nitrogens with one attached hydrogen (secondary N) is 1. The first-order valence-electron chi connectivity index (χ1n) is 7.82. The zero-order valence-corrected chi connectivity index (χ0v) is 13.3. The Labute approximate surface area is 126 Å². The van der Waals surface area contributed by atoms with E-state index in [0.29, 0.717) is 16.5 Å². The fraction of sp³-hybridized carbons (Fsp3) is 0.647. The first kappa shape index (κ1) is 15.8. The molecule has 3 heteroatoms. The third-order valence-corrected chi connectivity index (χ3v) is 4.74. The molecular weight excluding hydrogens is 273 g/mol. The number of rotatable bonds is 4. The highest BCUT2D eigenvalue weighted by molar-refractivity contribution is 6.31. The van der Waals surface area contributed by atoms with Crippen molar-refractivity contribution in [2.45, 2.75) is 58.4 Å². The predicted molar refractivity (Wildman–Crippen MR) is 83.8 cm³/mol. The van der Waals surface area contributed by atoms with Gasteiger partial charge in [0.15, 0.2) is 0 Å². The largest absolute Gasteiger partial charge is 0.310 e. The second-order valence-electron chi connectivity index (χ2n) is 5.91. The van der Waals surface area contributed by atoms with Crippen LogP contribution in [0.25, 0.3) is 0 Å². The molecule has 0 amide bonds. The van der Waals surface area contributed by atoms with Crippen LogP contribution in [0, 0.1) is 18.7 Å². The van der Waals surface area contributed by atoms with Gasteiger partial charge in [0.2, 0.25) is 0 Å². The molecule has 1 atom stereocenters. The lowest BCUT2D eigenvalue weighted by molar-refractivity contribution is 0.330. The van der Waals surface area contributed by atoms with Crippen molar-refractivity contribution in [3.63, 3.8) is 0 Å². The van der Waals surface area contributed by atoms with Crippen LogP contribution in [0.1, 0.15) is 62.6 Å². The van der Waals surface area contributed by atoms with Crippen LogP contribution in [0.3, 0.4) is 0 Å². The standard InChI is InChI=1S/C17H25ClFN/c1-3-20-17(13-8-6-4-5-7-9-13)14-10-12(2)16(19)11-15(14)18/h10-11,13,17,20H,3-9H2,1-2H3. The number of benzene rings is 1. The maximum atomic E-state index is 13.6. The molecule has 0 aromatic heterocycles. The maximum absolute atomic E-state index is 13.6. The number of aryl methyl sites for hydroxylation is 1. The molecule has 2 rings (SSSR count). The van der Waals surface area contributed by atoms with E-state index in [-0.39, 0.29) is 11.9 Å². The quantitative estimate of drug-likeness (QED) is 0.733. The van der Waals surface area contributed by atoms with Crippen molar-refractivity contribution in [2.75, 3.05) is 6.54 Å². The van der Waals surface area contributed by atoms with Crippen LogP contribution in [0.4, 0.5) is 4.39 Å². The summed E-state index contributed by atoms with van der Waals surface area (Å²) in [5.41, 5.74) is 1.75. The molecule has 112 valence electrons. The van der Waals surface area contributed by atoms with Crippen molar-refractivity contribution in [1.82, 2.24) is 5.32 Å². The molecule has 1 aliphatic carbocycles. The van der Waals surface area contributed by atoms with E-state index in [1.807, 2.05) is 13.0 Å². The van der Waals surface area contributed by atoms with Gasteiger partial charge in [0.1, 0.15) is 5.82 Å². The van der Waals surface area contributed by atoms with Crippen molar-refractivity contribution in [3.05, 3.63) is 34.1 Å². The highest BCUT2D eigenvalue weighted by Gasteiger charge is 2.25. The van der Waals surface area contributed by atoms with E-state index < -0.39 is 0 Å². The summed E-state index contributed by atoms with van der Waals surface area (Å²) >= 11 is 6.31. The Balaban J connectivity index is 2.29. The summed E-state index contributed by atoms with van der Waals surface area (Å²) < 4.78 is 13.6. The lowest BCUT2D eigenvalue weighted by atomic mass is 9.86. The average Bonchev–Trinajstić information content (AvgIpc) is 2.69. The monoisotopic (exact) mass is 297 g/mol. The number of hydrogen-bond acceptors (Lipinski definition) is 1. The van der Waals surface area contributed by atoms with Gasteiger partial charge in [0, 0.05) is 11.1 Å². The molecule has 1 saturated carbocycles. The van der Waals surface area contributed by atoms with Crippen LogP contribution in [-0.4, -0.2) is 6.54 Å². The third-order valence-electron chi connectivity index (χ3n) is 4.41. The molecular formula is C17H25ClFN. The van der Waals surface area contributed by atoms with Gasteiger partial charge in [0.05, 0.1) is 0 Å². The van der Waals surface area contributed by atoms with Gasteiger partial charge >= 0.3 is 0 Å². The van der Waals surface area contributed by atoms with Gasteiger partial charge in [0.25, 0.3) is 0 Å². The third kappa shape index (κ3) is 3.73. The van der Waals surface area contributed by atoms with Crippen LogP contribution in [0.15, 0.2) is 12.1 Å². The molecule has 1 N–H and O–H groups in total. The van der Waals surface area contributed by atoms with Gasteiger partial charge in [-0.05, 0) is 49.4 Å². The summed E-state index contributed by atoms with van der Waals surface area (Å²) in [6.07, 6.45) is 7.75. The molecule has 20 heavy (non-hydrogen) atoms. The summed E-state index contributed by atoms with van der Waals surface area (Å²) in [5.74, 6) is 0.398. The molecule has 0 spiro atoms. The van der Waals surface area contributed by atoms with E-state index >= 15 is 0 Å². The Morgan fingerprint density at radius 3 is 2.50 bits per heavy atom. The summed E-state index contributed by atoms with van der Waals surface area (Å²) in [7, 11) is 0. The van der Waals surface area contributed by atoms with Crippen LogP contribution >= 0.6 is 11.6 Å². The normalized spacial score (nSPS) is 18.8. The van der Waals surface area contributed by atoms with Crippen LogP contribution in [-0.2, 0) is 0 Å². The first-order valence-corrected chi connectivity index (χ1v) is 8.20. The maximum Gasteiger partial charge on any atom is 0.127 e. The lowest BCUT2D eigenvalue weighted by Crippen LogP contribution is -2.28. The van der Waals surface area contributed by atoms with Gasteiger partial charge in [-0.1, -0.05) is 50.3 Å². The Hall–Kier alpha value is -0.600. The summed E-state index contributed by atoms with van der Waals surface area (Å²) in [6.45, 7) is 4.84. The van der Waals surface area contributed by atoms with Crippen molar-refractivity contribution in [3.8, 4) is 0 Å². The van der Waals surface area contributed by atoms with Gasteiger partial charge in [-0.15, -0.1) is 0 Å². The van der Waals surface area contributed by atoms with Crippen LogP contribution < -0.4 is 5.32 Å². The van der Waals surface area contributed by atoms with Crippen molar-refractivity contribution in [1.29, 1.82) is 0 Å². The van der Waals surface area contributed by atoms with Gasteiger partial charge in [-0.2, -0.15) is 0 Å². The minimum atomic E-state index is -0.213. The van der Waals surface area contributed by atoms with E-state index in [2.05, 4.69) is 12.2 Å². The Bertz CT molecular complexity index is 439. The Kier molecular flexibility index (Phi) is 5.86. The minimum Gasteiger partial charge on any atom is -0.310 e. The van der Waals surface area contributed by atoms with Crippen LogP contribution in [0.5, 0.6) is 0 Å². The van der Waals surface area contributed by atoms with E-state index in [1.54, 1.807) is 0 Å². The number of halogens is 2. The second kappa shape index (κ2) is 7.42. The zero-order chi connectivity index (χ0) is 14.5. The molecule has 1 aromatic carbocycles. The molecule has 0 radical (unpaired) electrons. The predicted octanol–water partition coefficient (Wildman–Crippen LogP) is 5.41. The summed E-state index contributed by atoms with van der Waals surface area (Å²) in [5, 5.41) is 4.14. The van der Waals surface area contributed by atoms with Gasteiger partial charge in [-0.25, -0.2) is 4.39 Å². The summed E-state index contributed by atoms with van der Waals surface area (Å²) in [4.78, 5) is 0. The lowest BCUT2D eigenvalue weighted by Gasteiger charge is -2.28. The SMILES string of the molecule is CCNC(c1cc(C)c(F)cc1Cl)C1CCCCCC1. The molecule has 1 unspecified atom stereocenters. The molecule has 1 aromatic rings. The molecule has 0 heterocycles. The second-order valence-corrected chi connectivity index (χ2v) is 6.32. The Morgan fingerprint density at radius 1 is 1.25 bits per heavy atom. The highest BCUT2D eigenvalue weighted by Crippen LogP contribution is 2.37. The average molecular weight is 298 g/mol.